The molecule has 4 rings (SSSR count). The number of hydrogen-bond donors (Lipinski definition) is 1. The van der Waals surface area contributed by atoms with Gasteiger partial charge in [-0.2, -0.15) is 5.10 Å². The third kappa shape index (κ3) is 3.05. The molecule has 0 aliphatic carbocycles. The molecule has 0 unspecified atom stereocenters. The number of carbonyl (C=O) groups excluding carboxylic acids is 1. The summed E-state index contributed by atoms with van der Waals surface area (Å²) in [6, 6.07) is 15.0. The van der Waals surface area contributed by atoms with Crippen molar-refractivity contribution in [3.8, 4) is 11.5 Å². The maximum absolute atomic E-state index is 13.4. The van der Waals surface area contributed by atoms with Crippen LogP contribution in [0.1, 0.15) is 54.1 Å². The van der Waals surface area contributed by atoms with Gasteiger partial charge in [0.15, 0.2) is 5.69 Å². The van der Waals surface area contributed by atoms with Gasteiger partial charge in [0.2, 0.25) is 0 Å². The highest BCUT2D eigenvalue weighted by atomic mass is 16.5. The van der Waals surface area contributed by atoms with Gasteiger partial charge in [-0.25, -0.2) is 0 Å². The summed E-state index contributed by atoms with van der Waals surface area (Å²) in [5.41, 5.74) is 3.82. The minimum Gasteiger partial charge on any atom is -0.497 e. The Morgan fingerprint density at radius 3 is 2.31 bits per heavy atom. The first-order valence-corrected chi connectivity index (χ1v) is 9.56. The maximum atomic E-state index is 13.4. The van der Waals surface area contributed by atoms with E-state index < -0.39 is 0 Å². The van der Waals surface area contributed by atoms with Crippen molar-refractivity contribution in [3.05, 3.63) is 71.0 Å². The highest BCUT2D eigenvalue weighted by molar-refractivity contribution is 6.10. The van der Waals surface area contributed by atoms with Crippen molar-refractivity contribution in [2.75, 3.05) is 19.1 Å². The number of benzene rings is 2. The second-order valence-electron chi connectivity index (χ2n) is 8.13. The van der Waals surface area contributed by atoms with Gasteiger partial charge in [0.1, 0.15) is 11.5 Å². The fourth-order valence-corrected chi connectivity index (χ4v) is 3.91. The molecule has 29 heavy (non-hydrogen) atoms. The normalized spacial score (nSPS) is 16.1. The SMILES string of the molecule is COc1ccc(N2C(=O)c3n[nH]c(C(C)(C)C)c3[C@H]2c2ccccc2OC)cc1. The lowest BCUT2D eigenvalue weighted by Gasteiger charge is -2.29. The van der Waals surface area contributed by atoms with Crippen LogP contribution in [0, 0.1) is 0 Å². The largest absolute Gasteiger partial charge is 0.497 e. The molecular weight excluding hydrogens is 366 g/mol. The molecule has 6 nitrogen and oxygen atoms in total. The van der Waals surface area contributed by atoms with Gasteiger partial charge in [-0.3, -0.25) is 14.8 Å². The highest BCUT2D eigenvalue weighted by Gasteiger charge is 2.45. The van der Waals surface area contributed by atoms with Crippen LogP contribution in [0.25, 0.3) is 0 Å². The smallest absolute Gasteiger partial charge is 0.280 e. The number of amides is 1. The number of nitrogens with one attached hydrogen (secondary N) is 1. The van der Waals surface area contributed by atoms with Crippen molar-refractivity contribution in [3.63, 3.8) is 0 Å². The lowest BCUT2D eigenvalue weighted by atomic mass is 9.85. The average molecular weight is 391 g/mol. The number of carbonyl (C=O) groups is 1. The summed E-state index contributed by atoms with van der Waals surface area (Å²) >= 11 is 0. The third-order valence-electron chi connectivity index (χ3n) is 5.29. The summed E-state index contributed by atoms with van der Waals surface area (Å²) < 4.78 is 10.9. The number of methoxy groups -OCH3 is 2. The van der Waals surface area contributed by atoms with E-state index in [1.807, 2.05) is 48.5 Å². The van der Waals surface area contributed by atoms with Gasteiger partial charge in [0.05, 0.1) is 20.3 Å². The number of nitrogens with zero attached hydrogens (tertiary/aromatic N) is 2. The van der Waals surface area contributed by atoms with Gasteiger partial charge < -0.3 is 9.47 Å². The first-order valence-electron chi connectivity index (χ1n) is 9.56. The van der Waals surface area contributed by atoms with Crippen LogP contribution in [0.3, 0.4) is 0 Å². The number of ether oxygens (including phenoxy) is 2. The molecule has 0 saturated carbocycles. The molecule has 1 aliphatic heterocycles. The van der Waals surface area contributed by atoms with E-state index in [2.05, 4.69) is 31.0 Å². The molecule has 0 saturated heterocycles. The molecule has 150 valence electrons. The maximum Gasteiger partial charge on any atom is 0.280 e. The molecule has 2 aromatic carbocycles. The number of aromatic amines is 1. The van der Waals surface area contributed by atoms with E-state index in [9.17, 15) is 4.79 Å². The molecule has 1 aliphatic rings. The average Bonchev–Trinajstić information content (AvgIpc) is 3.27. The summed E-state index contributed by atoms with van der Waals surface area (Å²) in [6.07, 6.45) is 0. The Hall–Kier alpha value is -3.28. The Kier molecular flexibility index (Phi) is 4.57. The lowest BCUT2D eigenvalue weighted by Crippen LogP contribution is -2.30. The van der Waals surface area contributed by atoms with Crippen molar-refractivity contribution in [1.29, 1.82) is 0 Å². The van der Waals surface area contributed by atoms with Gasteiger partial charge in [0, 0.05) is 27.9 Å². The van der Waals surface area contributed by atoms with E-state index >= 15 is 0 Å². The number of aromatic nitrogens is 2. The molecule has 3 aromatic rings. The van der Waals surface area contributed by atoms with E-state index in [1.54, 1.807) is 19.1 Å². The Labute approximate surface area is 170 Å². The summed E-state index contributed by atoms with van der Waals surface area (Å²) in [5, 5.41) is 7.52. The molecule has 1 N–H and O–H groups in total. The van der Waals surface area contributed by atoms with Crippen LogP contribution in [0.15, 0.2) is 48.5 Å². The van der Waals surface area contributed by atoms with E-state index in [-0.39, 0.29) is 17.4 Å². The van der Waals surface area contributed by atoms with Gasteiger partial charge >= 0.3 is 0 Å². The highest BCUT2D eigenvalue weighted by Crippen LogP contribution is 2.47. The molecule has 0 spiro atoms. The standard InChI is InChI=1S/C23H25N3O3/c1-23(2,3)21-18-19(24-25-21)22(27)26(14-10-12-15(28-4)13-11-14)20(18)16-8-6-7-9-17(16)29-5/h6-13,20H,1-5H3,(H,24,25)/t20-/m1/s1. The number of hydrogen-bond acceptors (Lipinski definition) is 4. The topological polar surface area (TPSA) is 67.5 Å². The quantitative estimate of drug-likeness (QED) is 0.712. The first kappa shape index (κ1) is 19.1. The molecule has 1 atom stereocenters. The van der Waals surface area contributed by atoms with Crippen LogP contribution in [-0.4, -0.2) is 30.3 Å². The summed E-state index contributed by atoms with van der Waals surface area (Å²) in [7, 11) is 3.27. The minimum absolute atomic E-state index is 0.132. The molecule has 0 fully saturated rings. The molecule has 0 bridgehead atoms. The van der Waals surface area contributed by atoms with Crippen LogP contribution >= 0.6 is 0 Å². The minimum atomic E-state index is -0.338. The molecule has 0 radical (unpaired) electrons. The molecule has 6 heteroatoms. The molecule has 1 aromatic heterocycles. The monoisotopic (exact) mass is 391 g/mol. The number of fused-ring (bicyclic) bond motifs is 1. The van der Waals surface area contributed by atoms with E-state index in [1.165, 1.54) is 0 Å². The van der Waals surface area contributed by atoms with Crippen LogP contribution in [0.5, 0.6) is 11.5 Å². The fourth-order valence-electron chi connectivity index (χ4n) is 3.91. The second-order valence-corrected chi connectivity index (χ2v) is 8.13. The number of rotatable bonds is 4. The summed E-state index contributed by atoms with van der Waals surface area (Å²) in [6.45, 7) is 6.34. The Bertz CT molecular complexity index is 1050. The zero-order chi connectivity index (χ0) is 20.8. The Morgan fingerprint density at radius 1 is 1.00 bits per heavy atom. The third-order valence-corrected chi connectivity index (χ3v) is 5.29. The van der Waals surface area contributed by atoms with Gasteiger partial charge in [0.25, 0.3) is 5.91 Å². The molecule has 1 amide bonds. The predicted octanol–water partition coefficient (Wildman–Crippen LogP) is 4.47. The van der Waals surface area contributed by atoms with Gasteiger partial charge in [-0.05, 0) is 30.3 Å². The van der Waals surface area contributed by atoms with Gasteiger partial charge in [-0.15, -0.1) is 0 Å². The Morgan fingerprint density at radius 2 is 1.69 bits per heavy atom. The van der Waals surface area contributed by atoms with Crippen molar-refractivity contribution < 1.29 is 14.3 Å². The van der Waals surface area contributed by atoms with Gasteiger partial charge in [-0.1, -0.05) is 39.0 Å². The second kappa shape index (κ2) is 6.95. The van der Waals surface area contributed by atoms with Crippen molar-refractivity contribution in [1.82, 2.24) is 10.2 Å². The molecular formula is C23H25N3O3. The van der Waals surface area contributed by atoms with Crippen molar-refractivity contribution in [2.24, 2.45) is 0 Å². The van der Waals surface area contributed by atoms with Crippen LogP contribution in [0.4, 0.5) is 5.69 Å². The fraction of sp³-hybridized carbons (Fsp3) is 0.304. The van der Waals surface area contributed by atoms with Crippen molar-refractivity contribution >= 4 is 11.6 Å². The van der Waals surface area contributed by atoms with E-state index in [4.69, 9.17) is 9.47 Å². The number of para-hydroxylation sites is 1. The molecule has 2 heterocycles. The first-order chi connectivity index (χ1) is 13.9. The number of anilines is 1. The van der Waals surface area contributed by atoms with Crippen LogP contribution in [-0.2, 0) is 5.41 Å². The summed E-state index contributed by atoms with van der Waals surface area (Å²) in [5.74, 6) is 1.34. The van der Waals surface area contributed by atoms with E-state index in [0.717, 1.165) is 34.0 Å². The van der Waals surface area contributed by atoms with E-state index in [0.29, 0.717) is 5.69 Å². The lowest BCUT2D eigenvalue weighted by molar-refractivity contribution is 0.0988. The van der Waals surface area contributed by atoms with Crippen molar-refractivity contribution in [2.45, 2.75) is 32.2 Å². The Balaban J connectivity index is 1.95. The zero-order valence-corrected chi connectivity index (χ0v) is 17.3. The van der Waals surface area contributed by atoms with Crippen LogP contribution < -0.4 is 14.4 Å². The summed E-state index contributed by atoms with van der Waals surface area (Å²) in [4.78, 5) is 15.2. The van der Waals surface area contributed by atoms with Crippen LogP contribution in [0.2, 0.25) is 0 Å². The number of H-pyrrole nitrogens is 1. The predicted molar refractivity (Wildman–Crippen MR) is 112 cm³/mol. The zero-order valence-electron chi connectivity index (χ0n) is 17.3.